The molecule has 0 aliphatic heterocycles. The SMILES string of the molecule is CCc1cccc(CC)c1NC(=O)c1cc(-c2ccnc(Nc3ccc(Br)cc3OC)n2)nn1C. The van der Waals surface area contributed by atoms with E-state index in [1.165, 1.54) is 0 Å². The average Bonchev–Trinajstić information content (AvgIpc) is 3.27. The fraction of sp³-hybridized carbons (Fsp3) is 0.231. The number of para-hydroxylation sites is 1. The Hall–Kier alpha value is -3.72. The number of nitrogens with zero attached hydrogens (tertiary/aromatic N) is 4. The molecule has 0 fully saturated rings. The number of halogens is 1. The second kappa shape index (κ2) is 10.7. The largest absolute Gasteiger partial charge is 0.495 e. The highest BCUT2D eigenvalue weighted by Crippen LogP contribution is 2.30. The van der Waals surface area contributed by atoms with Gasteiger partial charge in [0.25, 0.3) is 5.91 Å². The first-order chi connectivity index (χ1) is 16.9. The third-order valence-corrected chi connectivity index (χ3v) is 6.17. The highest BCUT2D eigenvalue weighted by Gasteiger charge is 2.18. The zero-order chi connectivity index (χ0) is 24.9. The lowest BCUT2D eigenvalue weighted by molar-refractivity contribution is 0.101. The minimum atomic E-state index is -0.214. The van der Waals surface area contributed by atoms with Gasteiger partial charge in [0.1, 0.15) is 17.1 Å². The molecule has 4 aromatic rings. The smallest absolute Gasteiger partial charge is 0.273 e. The van der Waals surface area contributed by atoms with E-state index in [0.717, 1.165) is 39.8 Å². The molecule has 35 heavy (non-hydrogen) atoms. The highest BCUT2D eigenvalue weighted by molar-refractivity contribution is 9.10. The summed E-state index contributed by atoms with van der Waals surface area (Å²) in [5.41, 5.74) is 5.43. The summed E-state index contributed by atoms with van der Waals surface area (Å²) in [4.78, 5) is 22.1. The fourth-order valence-electron chi connectivity index (χ4n) is 3.84. The number of benzene rings is 2. The van der Waals surface area contributed by atoms with Crippen molar-refractivity contribution >= 4 is 39.2 Å². The molecule has 2 aromatic heterocycles. The van der Waals surface area contributed by atoms with Gasteiger partial charge in [-0.05, 0) is 54.3 Å². The number of anilines is 3. The summed E-state index contributed by atoms with van der Waals surface area (Å²) in [5.74, 6) is 0.835. The predicted molar refractivity (Wildman–Crippen MR) is 141 cm³/mol. The van der Waals surface area contributed by atoms with Crippen molar-refractivity contribution in [3.63, 3.8) is 0 Å². The summed E-state index contributed by atoms with van der Waals surface area (Å²) >= 11 is 3.44. The van der Waals surface area contributed by atoms with E-state index in [2.05, 4.69) is 55.5 Å². The van der Waals surface area contributed by atoms with Crippen LogP contribution in [0.2, 0.25) is 0 Å². The van der Waals surface area contributed by atoms with Crippen molar-refractivity contribution in [1.29, 1.82) is 0 Å². The van der Waals surface area contributed by atoms with Crippen molar-refractivity contribution in [2.45, 2.75) is 26.7 Å². The number of ether oxygens (including phenoxy) is 1. The lowest BCUT2D eigenvalue weighted by atomic mass is 10.0. The van der Waals surface area contributed by atoms with Gasteiger partial charge in [-0.2, -0.15) is 5.10 Å². The maximum Gasteiger partial charge on any atom is 0.273 e. The fourth-order valence-corrected chi connectivity index (χ4v) is 4.18. The second-order valence-electron chi connectivity index (χ2n) is 7.89. The Kier molecular flexibility index (Phi) is 7.45. The quantitative estimate of drug-likeness (QED) is 0.298. The molecule has 0 aliphatic rings. The molecule has 0 radical (unpaired) electrons. The number of carbonyl (C=O) groups excluding carboxylic acids is 1. The van der Waals surface area contributed by atoms with Crippen LogP contribution in [0.15, 0.2) is 59.2 Å². The molecule has 4 rings (SSSR count). The summed E-state index contributed by atoms with van der Waals surface area (Å²) in [6, 6.07) is 15.2. The van der Waals surface area contributed by atoms with Crippen LogP contribution in [-0.2, 0) is 19.9 Å². The van der Waals surface area contributed by atoms with E-state index in [9.17, 15) is 4.79 Å². The number of carbonyl (C=O) groups is 1. The van der Waals surface area contributed by atoms with Gasteiger partial charge in [0.2, 0.25) is 5.95 Å². The zero-order valence-electron chi connectivity index (χ0n) is 20.1. The molecule has 0 saturated heterocycles. The van der Waals surface area contributed by atoms with E-state index in [4.69, 9.17) is 4.74 Å². The minimum Gasteiger partial charge on any atom is -0.495 e. The standard InChI is InChI=1S/C26H27BrN6O2/c1-5-16-8-7-9-17(6-2)24(16)31-25(34)22-15-21(32-33(22)3)19-12-13-28-26(29-19)30-20-11-10-18(27)14-23(20)35-4/h7-15H,5-6H2,1-4H3,(H,31,34)(H,28,29,30). The molecule has 8 nitrogen and oxygen atoms in total. The first-order valence-electron chi connectivity index (χ1n) is 11.3. The van der Waals surface area contributed by atoms with Gasteiger partial charge in [0, 0.05) is 23.4 Å². The van der Waals surface area contributed by atoms with Crippen LogP contribution in [0.5, 0.6) is 5.75 Å². The van der Waals surface area contributed by atoms with Crippen LogP contribution in [0.4, 0.5) is 17.3 Å². The van der Waals surface area contributed by atoms with Crippen molar-refractivity contribution in [3.8, 4) is 17.1 Å². The van der Waals surface area contributed by atoms with Crippen LogP contribution in [0, 0.1) is 0 Å². The normalized spacial score (nSPS) is 10.8. The van der Waals surface area contributed by atoms with Crippen LogP contribution < -0.4 is 15.4 Å². The Morgan fingerprint density at radius 1 is 1.06 bits per heavy atom. The molecule has 2 N–H and O–H groups in total. The average molecular weight is 535 g/mol. The molecule has 1 amide bonds. The van der Waals surface area contributed by atoms with E-state index in [0.29, 0.717) is 28.8 Å². The topological polar surface area (TPSA) is 94.0 Å². The van der Waals surface area contributed by atoms with Gasteiger partial charge in [-0.25, -0.2) is 9.97 Å². The number of rotatable bonds is 8. The molecule has 180 valence electrons. The second-order valence-corrected chi connectivity index (χ2v) is 8.80. The van der Waals surface area contributed by atoms with Crippen molar-refractivity contribution < 1.29 is 9.53 Å². The van der Waals surface area contributed by atoms with E-state index in [-0.39, 0.29) is 5.91 Å². The molecular formula is C26H27BrN6O2. The number of nitrogens with one attached hydrogen (secondary N) is 2. The van der Waals surface area contributed by atoms with E-state index in [1.54, 1.807) is 37.2 Å². The lowest BCUT2D eigenvalue weighted by Crippen LogP contribution is -2.18. The monoisotopic (exact) mass is 534 g/mol. The summed E-state index contributed by atoms with van der Waals surface area (Å²) in [5, 5.41) is 10.8. The molecular weight excluding hydrogens is 508 g/mol. The van der Waals surface area contributed by atoms with Gasteiger partial charge in [-0.1, -0.05) is 48.0 Å². The molecule has 0 bridgehead atoms. The maximum absolute atomic E-state index is 13.2. The summed E-state index contributed by atoms with van der Waals surface area (Å²) < 4.78 is 7.90. The zero-order valence-corrected chi connectivity index (χ0v) is 21.7. The van der Waals surface area contributed by atoms with Crippen molar-refractivity contribution in [1.82, 2.24) is 19.7 Å². The lowest BCUT2D eigenvalue weighted by Gasteiger charge is -2.14. The number of hydrogen-bond donors (Lipinski definition) is 2. The van der Waals surface area contributed by atoms with E-state index >= 15 is 0 Å². The predicted octanol–water partition coefficient (Wildman–Crippen LogP) is 5.77. The minimum absolute atomic E-state index is 0.214. The Morgan fingerprint density at radius 3 is 2.49 bits per heavy atom. The molecule has 0 spiro atoms. The van der Waals surface area contributed by atoms with Crippen molar-refractivity contribution in [3.05, 3.63) is 76.0 Å². The maximum atomic E-state index is 13.2. The number of hydrogen-bond acceptors (Lipinski definition) is 6. The van der Waals surface area contributed by atoms with Gasteiger partial charge in [0.15, 0.2) is 0 Å². The number of amides is 1. The Bertz CT molecular complexity index is 1350. The summed E-state index contributed by atoms with van der Waals surface area (Å²) in [7, 11) is 3.35. The molecule has 2 heterocycles. The van der Waals surface area contributed by atoms with Gasteiger partial charge in [-0.15, -0.1) is 0 Å². The van der Waals surface area contributed by atoms with E-state index in [1.807, 2.05) is 36.4 Å². The van der Waals surface area contributed by atoms with Crippen molar-refractivity contribution in [2.24, 2.45) is 7.05 Å². The first kappa shape index (κ1) is 24.4. The van der Waals surface area contributed by atoms with Crippen LogP contribution in [0.1, 0.15) is 35.5 Å². The molecule has 2 aromatic carbocycles. The molecule has 9 heteroatoms. The van der Waals surface area contributed by atoms with Gasteiger partial charge in [0.05, 0.1) is 18.5 Å². The molecule has 0 atom stereocenters. The molecule has 0 saturated carbocycles. The van der Waals surface area contributed by atoms with Gasteiger partial charge < -0.3 is 15.4 Å². The number of methoxy groups -OCH3 is 1. The van der Waals surface area contributed by atoms with Crippen LogP contribution in [-0.4, -0.2) is 32.8 Å². The third kappa shape index (κ3) is 5.35. The van der Waals surface area contributed by atoms with Crippen molar-refractivity contribution in [2.75, 3.05) is 17.7 Å². The van der Waals surface area contributed by atoms with Crippen LogP contribution in [0.3, 0.4) is 0 Å². The Morgan fingerprint density at radius 2 is 1.80 bits per heavy atom. The summed E-state index contributed by atoms with van der Waals surface area (Å²) in [6.45, 7) is 4.16. The van der Waals surface area contributed by atoms with Crippen LogP contribution >= 0.6 is 15.9 Å². The molecule has 0 aliphatic carbocycles. The van der Waals surface area contributed by atoms with Crippen LogP contribution in [0.25, 0.3) is 11.4 Å². The Balaban J connectivity index is 1.59. The number of aromatic nitrogens is 4. The molecule has 0 unspecified atom stereocenters. The van der Waals surface area contributed by atoms with E-state index < -0.39 is 0 Å². The highest BCUT2D eigenvalue weighted by atomic mass is 79.9. The van der Waals surface area contributed by atoms with Gasteiger partial charge >= 0.3 is 0 Å². The Labute approximate surface area is 212 Å². The first-order valence-corrected chi connectivity index (χ1v) is 12.1. The third-order valence-electron chi connectivity index (χ3n) is 5.68. The van der Waals surface area contributed by atoms with Gasteiger partial charge in [-0.3, -0.25) is 9.48 Å². The number of aryl methyl sites for hydroxylation is 3. The summed E-state index contributed by atoms with van der Waals surface area (Å²) in [6.07, 6.45) is 3.31.